The number of nitrogens with one attached hydrogen (secondary N) is 1. The van der Waals surface area contributed by atoms with E-state index in [9.17, 15) is 4.79 Å². The first-order chi connectivity index (χ1) is 17.4. The molecule has 4 rings (SSSR count). The van der Waals surface area contributed by atoms with Gasteiger partial charge in [-0.05, 0) is 41.8 Å². The van der Waals surface area contributed by atoms with Crippen molar-refractivity contribution < 1.29 is 9.53 Å². The number of dihydropyridines is 1. The van der Waals surface area contributed by atoms with Crippen LogP contribution in [0.3, 0.4) is 0 Å². The van der Waals surface area contributed by atoms with Gasteiger partial charge < -0.3 is 10.5 Å². The van der Waals surface area contributed by atoms with Crippen LogP contribution in [0.4, 0.5) is 0 Å². The van der Waals surface area contributed by atoms with Gasteiger partial charge in [0.15, 0.2) is 5.78 Å². The summed E-state index contributed by atoms with van der Waals surface area (Å²) in [5.74, 6) is 0.207. The number of aromatic amines is 1. The fourth-order valence-electron chi connectivity index (χ4n) is 4.24. The summed E-state index contributed by atoms with van der Waals surface area (Å²) in [5.41, 5.74) is 9.41. The summed E-state index contributed by atoms with van der Waals surface area (Å²) in [6.07, 6.45) is 5.54. The van der Waals surface area contributed by atoms with Crippen LogP contribution in [0.25, 0.3) is 11.1 Å². The van der Waals surface area contributed by atoms with Gasteiger partial charge in [-0.15, -0.1) is 0 Å². The average molecular weight is 537 g/mol. The molecule has 37 heavy (non-hydrogen) atoms. The number of ether oxygens (including phenoxy) is 1. The first kappa shape index (κ1) is 26.7. The minimum atomic E-state index is -0.677. The molecule has 0 saturated carbocycles. The average Bonchev–Trinajstić information content (AvgIpc) is 3.38. The number of nitrogens with zero attached hydrogens (tertiary/aromatic N) is 2. The SMILES string of the molecule is C=C(N)C1=CC(C)(c2ccc(Cl)cc2)C(c2ccc(-c3cn[nH]c3)cc2Cl)N=C1OCC(=O)C(C)(C)C. The van der Waals surface area contributed by atoms with E-state index in [0.717, 1.165) is 22.3 Å². The van der Waals surface area contributed by atoms with Crippen LogP contribution < -0.4 is 5.73 Å². The van der Waals surface area contributed by atoms with Gasteiger partial charge in [0, 0.05) is 38.3 Å². The van der Waals surface area contributed by atoms with Gasteiger partial charge in [0.2, 0.25) is 5.90 Å². The molecule has 6 nitrogen and oxygen atoms in total. The molecule has 8 heteroatoms. The molecule has 0 saturated heterocycles. The highest BCUT2D eigenvalue weighted by Gasteiger charge is 2.41. The van der Waals surface area contributed by atoms with E-state index in [1.54, 1.807) is 6.20 Å². The highest BCUT2D eigenvalue weighted by atomic mass is 35.5. The molecule has 1 aromatic heterocycles. The van der Waals surface area contributed by atoms with Crippen LogP contribution >= 0.6 is 23.2 Å². The van der Waals surface area contributed by atoms with Crippen molar-refractivity contribution in [3.05, 3.63) is 100.0 Å². The number of aliphatic imine (C=N–C) groups is 1. The number of halogens is 2. The number of benzene rings is 2. The summed E-state index contributed by atoms with van der Waals surface area (Å²) >= 11 is 13.1. The Bertz CT molecular complexity index is 1390. The topological polar surface area (TPSA) is 93.4 Å². The largest absolute Gasteiger partial charge is 0.469 e. The third-order valence-corrected chi connectivity index (χ3v) is 7.18. The maximum Gasteiger partial charge on any atom is 0.218 e. The summed E-state index contributed by atoms with van der Waals surface area (Å²) in [4.78, 5) is 17.6. The molecule has 3 aromatic rings. The number of Topliss-reactive ketones (excluding diaryl/α,β-unsaturated/α-hetero) is 1. The van der Waals surface area contributed by atoms with E-state index in [0.29, 0.717) is 21.3 Å². The maximum atomic E-state index is 12.6. The fraction of sp³-hybridized carbons (Fsp3) is 0.276. The second-order valence-electron chi connectivity index (χ2n) is 10.4. The number of nitrogens with two attached hydrogens (primary N) is 1. The van der Waals surface area contributed by atoms with Gasteiger partial charge >= 0.3 is 0 Å². The van der Waals surface area contributed by atoms with E-state index in [1.807, 2.05) is 75.5 Å². The number of rotatable bonds is 6. The lowest BCUT2D eigenvalue weighted by molar-refractivity contribution is -0.128. The van der Waals surface area contributed by atoms with Gasteiger partial charge in [0.25, 0.3) is 0 Å². The van der Waals surface area contributed by atoms with Crippen LogP contribution in [-0.2, 0) is 14.9 Å². The van der Waals surface area contributed by atoms with Gasteiger partial charge in [0.05, 0.1) is 17.8 Å². The molecule has 192 valence electrons. The molecule has 3 N–H and O–H groups in total. The van der Waals surface area contributed by atoms with Gasteiger partial charge in [-0.1, -0.05) is 80.9 Å². The van der Waals surface area contributed by atoms with Gasteiger partial charge in [-0.2, -0.15) is 5.10 Å². The number of hydrogen-bond acceptors (Lipinski definition) is 5. The molecule has 0 radical (unpaired) electrons. The van der Waals surface area contributed by atoms with Crippen molar-refractivity contribution in [3.63, 3.8) is 0 Å². The van der Waals surface area contributed by atoms with E-state index in [1.165, 1.54) is 0 Å². The van der Waals surface area contributed by atoms with E-state index in [4.69, 9.17) is 38.7 Å². The summed E-state index contributed by atoms with van der Waals surface area (Å²) in [7, 11) is 0. The molecule has 0 bridgehead atoms. The highest BCUT2D eigenvalue weighted by molar-refractivity contribution is 6.31. The standard InChI is InChI=1S/C29H30Cl2N4O2/c1-17(32)23-13-29(5,20-7-9-21(30)10-8-20)26(35-27(23)37-16-25(36)28(2,3)4)22-11-6-18(12-24(22)31)19-14-33-34-15-19/h6-15,26H,1,16,32H2,2-5H3,(H,33,34). The number of ketones is 1. The van der Waals surface area contributed by atoms with Crippen molar-refractivity contribution >= 4 is 34.9 Å². The Balaban J connectivity index is 1.84. The van der Waals surface area contributed by atoms with Crippen LogP contribution in [-0.4, -0.2) is 28.5 Å². The van der Waals surface area contributed by atoms with Crippen LogP contribution in [0.2, 0.25) is 10.0 Å². The van der Waals surface area contributed by atoms with Gasteiger partial charge in [-0.25, -0.2) is 4.99 Å². The smallest absolute Gasteiger partial charge is 0.218 e. The lowest BCUT2D eigenvalue weighted by Crippen LogP contribution is -2.36. The number of carbonyl (C=O) groups excluding carboxylic acids is 1. The number of H-pyrrole nitrogens is 1. The zero-order valence-corrected chi connectivity index (χ0v) is 22.8. The predicted molar refractivity (Wildman–Crippen MR) is 150 cm³/mol. The van der Waals surface area contributed by atoms with E-state index in [2.05, 4.69) is 23.7 Å². The van der Waals surface area contributed by atoms with Crippen molar-refractivity contribution in [1.29, 1.82) is 0 Å². The monoisotopic (exact) mass is 536 g/mol. The summed E-state index contributed by atoms with van der Waals surface area (Å²) in [6, 6.07) is 12.9. The molecule has 0 aliphatic carbocycles. The molecular formula is C29H30Cl2N4O2. The Hall–Kier alpha value is -3.35. The third-order valence-electron chi connectivity index (χ3n) is 6.60. The summed E-state index contributed by atoms with van der Waals surface area (Å²) in [5, 5.41) is 8.02. The quantitative estimate of drug-likeness (QED) is 0.361. The molecule has 1 aliphatic heterocycles. The van der Waals surface area contributed by atoms with E-state index < -0.39 is 16.9 Å². The van der Waals surface area contributed by atoms with E-state index in [-0.39, 0.29) is 18.3 Å². The van der Waals surface area contributed by atoms with Crippen molar-refractivity contribution in [2.45, 2.75) is 39.2 Å². The third kappa shape index (κ3) is 5.50. The van der Waals surface area contributed by atoms with Crippen LogP contribution in [0.15, 0.2) is 83.8 Å². The molecule has 1 aliphatic rings. The maximum absolute atomic E-state index is 12.6. The molecule has 0 amide bonds. The van der Waals surface area contributed by atoms with E-state index >= 15 is 0 Å². The Morgan fingerprint density at radius 2 is 1.86 bits per heavy atom. The Labute approximate surface area is 227 Å². The first-order valence-electron chi connectivity index (χ1n) is 11.9. The molecule has 0 fully saturated rings. The van der Waals surface area contributed by atoms with Crippen LogP contribution in [0, 0.1) is 5.41 Å². The van der Waals surface area contributed by atoms with Gasteiger partial charge in [0.1, 0.15) is 6.61 Å². The highest BCUT2D eigenvalue weighted by Crippen LogP contribution is 2.48. The number of hydrogen-bond donors (Lipinski definition) is 2. The van der Waals surface area contributed by atoms with Crippen molar-refractivity contribution in [1.82, 2.24) is 10.2 Å². The van der Waals surface area contributed by atoms with Gasteiger partial charge in [-0.3, -0.25) is 9.89 Å². The summed E-state index contributed by atoms with van der Waals surface area (Å²) < 4.78 is 5.98. The minimum Gasteiger partial charge on any atom is -0.469 e. The second kappa shape index (κ2) is 10.2. The molecule has 2 atom stereocenters. The molecule has 2 heterocycles. The molecule has 2 aromatic carbocycles. The Morgan fingerprint density at radius 1 is 1.16 bits per heavy atom. The fourth-order valence-corrected chi connectivity index (χ4v) is 4.65. The van der Waals surface area contributed by atoms with Crippen molar-refractivity contribution in [3.8, 4) is 11.1 Å². The zero-order chi connectivity index (χ0) is 27.0. The normalized spacial score (nSPS) is 19.7. The second-order valence-corrected chi connectivity index (χ2v) is 11.2. The van der Waals surface area contributed by atoms with Crippen molar-refractivity contribution in [2.75, 3.05) is 6.61 Å². The van der Waals surface area contributed by atoms with Crippen LogP contribution in [0.5, 0.6) is 0 Å². The number of aromatic nitrogens is 2. The molecule has 2 unspecified atom stereocenters. The van der Waals surface area contributed by atoms with Crippen molar-refractivity contribution in [2.24, 2.45) is 16.1 Å². The lowest BCUT2D eigenvalue weighted by Gasteiger charge is -2.38. The molecular weight excluding hydrogens is 507 g/mol. The summed E-state index contributed by atoms with van der Waals surface area (Å²) in [6.45, 7) is 11.4. The Morgan fingerprint density at radius 3 is 2.43 bits per heavy atom. The Kier molecular flexibility index (Phi) is 7.36. The lowest BCUT2D eigenvalue weighted by atomic mass is 9.70. The molecule has 0 spiro atoms. The first-order valence-corrected chi connectivity index (χ1v) is 12.6. The predicted octanol–water partition coefficient (Wildman–Crippen LogP) is 6.83. The number of carbonyl (C=O) groups is 1. The zero-order valence-electron chi connectivity index (χ0n) is 21.3. The van der Waals surface area contributed by atoms with Crippen LogP contribution in [0.1, 0.15) is 44.9 Å². The minimum absolute atomic E-state index is 0.0535.